The molecular weight excluding hydrogens is 351 g/mol. The van der Waals surface area contributed by atoms with Crippen molar-refractivity contribution in [3.63, 3.8) is 0 Å². The third-order valence-electron chi connectivity index (χ3n) is 4.58. The predicted molar refractivity (Wildman–Crippen MR) is 97.8 cm³/mol. The van der Waals surface area contributed by atoms with Crippen molar-refractivity contribution in [2.75, 3.05) is 6.54 Å². The van der Waals surface area contributed by atoms with Gasteiger partial charge in [0.15, 0.2) is 5.60 Å². The summed E-state index contributed by atoms with van der Waals surface area (Å²) in [7, 11) is 0. The fraction of sp³-hybridized carbons (Fsp3) is 0.182. The third kappa shape index (κ3) is 4.56. The first kappa shape index (κ1) is 19.1. The summed E-state index contributed by atoms with van der Waals surface area (Å²) in [6.07, 6.45) is -4.36. The van der Waals surface area contributed by atoms with Gasteiger partial charge in [-0.25, -0.2) is 0 Å². The standard InChI is InChI=1S/C22H20F3NO/c23-22(24,25)20-13-7-8-17(14-20)15-26-16-21(27,18-9-3-1-4-10-18)19-11-5-2-6-12-19/h1-14,26-27H,15-16H2/p+1. The molecule has 0 amide bonds. The van der Waals surface area contributed by atoms with E-state index >= 15 is 0 Å². The molecule has 27 heavy (non-hydrogen) atoms. The van der Waals surface area contributed by atoms with Crippen LogP contribution in [0.1, 0.15) is 22.3 Å². The molecule has 3 rings (SSSR count). The highest BCUT2D eigenvalue weighted by atomic mass is 19.4. The number of benzene rings is 3. The number of rotatable bonds is 6. The molecule has 0 radical (unpaired) electrons. The van der Waals surface area contributed by atoms with E-state index in [0.717, 1.165) is 23.3 Å². The normalized spacial score (nSPS) is 12.1. The SMILES string of the molecule is OC(C[NH2+]Cc1cccc(C(F)(F)F)c1)(c1ccccc1)c1ccccc1. The van der Waals surface area contributed by atoms with E-state index in [2.05, 4.69) is 0 Å². The largest absolute Gasteiger partial charge is 0.416 e. The number of nitrogens with two attached hydrogens (primary N) is 1. The molecule has 5 heteroatoms. The molecule has 3 N–H and O–H groups in total. The maximum Gasteiger partial charge on any atom is 0.416 e. The number of quaternary nitrogens is 1. The molecule has 0 aliphatic heterocycles. The summed E-state index contributed by atoms with van der Waals surface area (Å²) in [5.41, 5.74) is 0.167. The van der Waals surface area contributed by atoms with Crippen LogP contribution < -0.4 is 5.32 Å². The summed E-state index contributed by atoms with van der Waals surface area (Å²) in [6, 6.07) is 23.9. The van der Waals surface area contributed by atoms with Crippen LogP contribution in [-0.4, -0.2) is 11.7 Å². The van der Waals surface area contributed by atoms with Crippen molar-refractivity contribution in [1.82, 2.24) is 0 Å². The van der Waals surface area contributed by atoms with E-state index in [-0.39, 0.29) is 6.54 Å². The number of hydrogen-bond donors (Lipinski definition) is 2. The highest BCUT2D eigenvalue weighted by molar-refractivity contribution is 5.35. The zero-order chi connectivity index (χ0) is 19.3. The molecule has 0 aromatic heterocycles. The molecule has 0 unspecified atom stereocenters. The van der Waals surface area contributed by atoms with Gasteiger partial charge < -0.3 is 10.4 Å². The van der Waals surface area contributed by atoms with Crippen LogP contribution in [-0.2, 0) is 18.3 Å². The lowest BCUT2D eigenvalue weighted by Crippen LogP contribution is -2.86. The maximum atomic E-state index is 12.9. The van der Waals surface area contributed by atoms with Crippen LogP contribution in [0.4, 0.5) is 13.2 Å². The molecule has 0 heterocycles. The molecule has 0 saturated heterocycles. The third-order valence-corrected chi connectivity index (χ3v) is 4.58. The first-order valence-electron chi connectivity index (χ1n) is 8.71. The highest BCUT2D eigenvalue weighted by Crippen LogP contribution is 2.30. The molecule has 0 aliphatic carbocycles. The van der Waals surface area contributed by atoms with Crippen LogP contribution in [0.2, 0.25) is 0 Å². The van der Waals surface area contributed by atoms with E-state index in [1.165, 1.54) is 6.07 Å². The molecule has 0 aliphatic rings. The van der Waals surface area contributed by atoms with Crippen molar-refractivity contribution < 1.29 is 23.6 Å². The van der Waals surface area contributed by atoms with Crippen LogP contribution in [0.5, 0.6) is 0 Å². The summed E-state index contributed by atoms with van der Waals surface area (Å²) < 4.78 is 38.6. The molecule has 140 valence electrons. The molecule has 3 aromatic carbocycles. The van der Waals surface area contributed by atoms with Gasteiger partial charge in [0, 0.05) is 5.56 Å². The minimum Gasteiger partial charge on any atom is -0.375 e. The first-order valence-corrected chi connectivity index (χ1v) is 8.71. The van der Waals surface area contributed by atoms with E-state index in [1.54, 1.807) is 6.07 Å². The number of halogens is 3. The van der Waals surface area contributed by atoms with Gasteiger partial charge in [0.05, 0.1) is 5.56 Å². The number of aliphatic hydroxyl groups is 1. The Labute approximate surface area is 156 Å². The fourth-order valence-electron chi connectivity index (χ4n) is 3.15. The van der Waals surface area contributed by atoms with Crippen LogP contribution in [0.3, 0.4) is 0 Å². The van der Waals surface area contributed by atoms with Gasteiger partial charge in [-0.05, 0) is 23.3 Å². The van der Waals surface area contributed by atoms with E-state index in [0.29, 0.717) is 12.1 Å². The molecule has 0 fully saturated rings. The fourth-order valence-corrected chi connectivity index (χ4v) is 3.15. The summed E-state index contributed by atoms with van der Waals surface area (Å²) in [5, 5.41) is 13.2. The van der Waals surface area contributed by atoms with Crippen molar-refractivity contribution in [3.8, 4) is 0 Å². The lowest BCUT2D eigenvalue weighted by atomic mass is 9.86. The summed E-state index contributed by atoms with van der Waals surface area (Å²) in [4.78, 5) is 0. The smallest absolute Gasteiger partial charge is 0.375 e. The van der Waals surface area contributed by atoms with Crippen LogP contribution in [0, 0.1) is 0 Å². The van der Waals surface area contributed by atoms with Gasteiger partial charge in [-0.2, -0.15) is 13.2 Å². The first-order chi connectivity index (χ1) is 12.9. The van der Waals surface area contributed by atoms with Crippen molar-refractivity contribution >= 4 is 0 Å². The van der Waals surface area contributed by atoms with Gasteiger partial charge >= 0.3 is 6.18 Å². The second-order valence-electron chi connectivity index (χ2n) is 6.49. The molecule has 3 aromatic rings. The lowest BCUT2D eigenvalue weighted by molar-refractivity contribution is -0.682. The Morgan fingerprint density at radius 2 is 1.22 bits per heavy atom. The van der Waals surface area contributed by atoms with Crippen molar-refractivity contribution in [2.45, 2.75) is 18.3 Å². The Kier molecular flexibility index (Phi) is 5.63. The number of alkyl halides is 3. The second kappa shape index (κ2) is 7.94. The molecule has 0 saturated carbocycles. The molecular formula is C22H21F3NO+. The molecule has 0 atom stereocenters. The van der Waals surface area contributed by atoms with Crippen LogP contribution in [0.15, 0.2) is 84.9 Å². The Bertz CT molecular complexity index is 824. The van der Waals surface area contributed by atoms with Gasteiger partial charge in [-0.3, -0.25) is 0 Å². The summed E-state index contributed by atoms with van der Waals surface area (Å²) in [6.45, 7) is 0.628. The molecule has 0 bridgehead atoms. The van der Waals surface area contributed by atoms with Gasteiger partial charge in [-0.15, -0.1) is 0 Å². The summed E-state index contributed by atoms with van der Waals surface area (Å²) >= 11 is 0. The summed E-state index contributed by atoms with van der Waals surface area (Å²) in [5.74, 6) is 0. The van der Waals surface area contributed by atoms with Crippen LogP contribution >= 0.6 is 0 Å². The predicted octanol–water partition coefficient (Wildman–Crippen LogP) is 3.70. The van der Waals surface area contributed by atoms with Crippen LogP contribution in [0.25, 0.3) is 0 Å². The minimum atomic E-state index is -4.36. The van der Waals surface area contributed by atoms with E-state index in [4.69, 9.17) is 0 Å². The monoisotopic (exact) mass is 372 g/mol. The Morgan fingerprint density at radius 1 is 0.704 bits per heavy atom. The topological polar surface area (TPSA) is 36.8 Å². The quantitative estimate of drug-likeness (QED) is 0.680. The second-order valence-corrected chi connectivity index (χ2v) is 6.49. The van der Waals surface area contributed by atoms with E-state index < -0.39 is 17.3 Å². The Hall–Kier alpha value is -2.63. The van der Waals surface area contributed by atoms with Crippen molar-refractivity contribution in [3.05, 3.63) is 107 Å². The minimum absolute atomic E-state index is 0.289. The van der Waals surface area contributed by atoms with Gasteiger partial charge in [0.1, 0.15) is 13.1 Å². The number of hydrogen-bond acceptors (Lipinski definition) is 1. The van der Waals surface area contributed by atoms with Gasteiger partial charge in [0.2, 0.25) is 0 Å². The average molecular weight is 372 g/mol. The van der Waals surface area contributed by atoms with Gasteiger partial charge in [-0.1, -0.05) is 72.8 Å². The highest BCUT2D eigenvalue weighted by Gasteiger charge is 2.34. The Morgan fingerprint density at radius 3 is 1.74 bits per heavy atom. The zero-order valence-electron chi connectivity index (χ0n) is 14.7. The average Bonchev–Trinajstić information content (AvgIpc) is 2.69. The maximum absolute atomic E-state index is 12.9. The molecule has 0 spiro atoms. The van der Waals surface area contributed by atoms with Gasteiger partial charge in [0.25, 0.3) is 0 Å². The molecule has 2 nitrogen and oxygen atoms in total. The zero-order valence-corrected chi connectivity index (χ0v) is 14.7. The Balaban J connectivity index is 1.79. The van der Waals surface area contributed by atoms with Crippen molar-refractivity contribution in [1.29, 1.82) is 0 Å². The van der Waals surface area contributed by atoms with Crippen molar-refractivity contribution in [2.24, 2.45) is 0 Å². The van der Waals surface area contributed by atoms with E-state index in [9.17, 15) is 18.3 Å². The lowest BCUT2D eigenvalue weighted by Gasteiger charge is -2.27. The van der Waals surface area contributed by atoms with E-state index in [1.807, 2.05) is 66.0 Å².